The lowest BCUT2D eigenvalue weighted by molar-refractivity contribution is 0.311. The van der Waals surface area contributed by atoms with E-state index in [-0.39, 0.29) is 0 Å². The summed E-state index contributed by atoms with van der Waals surface area (Å²) in [5.74, 6) is 3.50. The maximum absolute atomic E-state index is 9.22. The van der Waals surface area contributed by atoms with E-state index in [1.165, 1.54) is 0 Å². The zero-order chi connectivity index (χ0) is 23.2. The molecule has 8 nitrogen and oxygen atoms in total. The summed E-state index contributed by atoms with van der Waals surface area (Å²) < 4.78 is 11.8. The number of benzene rings is 1. The zero-order valence-corrected chi connectivity index (χ0v) is 20.0. The highest BCUT2D eigenvalue weighted by atomic mass is 35.5. The number of anilines is 1. The molecule has 1 saturated heterocycles. The van der Waals surface area contributed by atoms with Gasteiger partial charge in [-0.1, -0.05) is 17.2 Å². The fraction of sp³-hybridized carbons (Fsp3) is 0.348. The summed E-state index contributed by atoms with van der Waals surface area (Å²) in [5, 5.41) is 24.1. The average molecular weight is 485 g/mol. The number of aromatic amines is 1. The predicted octanol–water partition coefficient (Wildman–Crippen LogP) is 4.39. The molecule has 172 valence electrons. The Morgan fingerprint density at radius 2 is 2.18 bits per heavy atom. The van der Waals surface area contributed by atoms with Gasteiger partial charge in [-0.15, -0.1) is 0 Å². The minimum atomic E-state index is 0.367. The summed E-state index contributed by atoms with van der Waals surface area (Å²) in [7, 11) is 1.60. The number of rotatable bonds is 7. The third-order valence-electron chi connectivity index (χ3n) is 5.30. The normalized spacial score (nSPS) is 18.4. The molecule has 4 rings (SSSR count). The molecule has 0 saturated carbocycles. The third-order valence-corrected chi connectivity index (χ3v) is 6.73. The molecule has 0 aliphatic carbocycles. The van der Waals surface area contributed by atoms with E-state index in [1.54, 1.807) is 25.5 Å². The monoisotopic (exact) mass is 484 g/mol. The van der Waals surface area contributed by atoms with Crippen LogP contribution in [0.3, 0.4) is 0 Å². The first-order chi connectivity index (χ1) is 16.1. The van der Waals surface area contributed by atoms with Gasteiger partial charge in [0.15, 0.2) is 5.82 Å². The molecule has 2 aromatic rings. The second kappa shape index (κ2) is 10.8. The second-order valence-corrected chi connectivity index (χ2v) is 9.48. The van der Waals surface area contributed by atoms with Crippen LogP contribution in [0.5, 0.6) is 11.5 Å². The second-order valence-electron chi connectivity index (χ2n) is 7.64. The lowest BCUT2D eigenvalue weighted by atomic mass is 10.1. The van der Waals surface area contributed by atoms with Crippen molar-refractivity contribution < 1.29 is 9.47 Å². The van der Waals surface area contributed by atoms with Crippen LogP contribution in [0.25, 0.3) is 11.3 Å². The van der Waals surface area contributed by atoms with Crippen LogP contribution in [0.15, 0.2) is 46.2 Å². The Morgan fingerprint density at radius 1 is 1.33 bits per heavy atom. The topological polar surface area (TPSA) is 107 Å². The Hall–Kier alpha value is -2.93. The van der Waals surface area contributed by atoms with Crippen LogP contribution < -0.4 is 20.1 Å². The number of methoxy groups -OCH3 is 1. The van der Waals surface area contributed by atoms with E-state index < -0.39 is 0 Å². The van der Waals surface area contributed by atoms with Crippen molar-refractivity contribution in [1.82, 2.24) is 15.5 Å². The first-order valence-electron chi connectivity index (χ1n) is 10.6. The minimum absolute atomic E-state index is 0.367. The molecule has 0 radical (unpaired) electrons. The van der Waals surface area contributed by atoms with E-state index in [4.69, 9.17) is 21.1 Å². The van der Waals surface area contributed by atoms with Gasteiger partial charge in [0.05, 0.1) is 29.2 Å². The molecule has 0 amide bonds. The Bertz CT molecular complexity index is 1140. The van der Waals surface area contributed by atoms with Gasteiger partial charge in [0.1, 0.15) is 30.0 Å². The number of halogens is 1. The lowest BCUT2D eigenvalue weighted by Crippen LogP contribution is -2.36. The van der Waals surface area contributed by atoms with Gasteiger partial charge in [-0.2, -0.15) is 22.1 Å². The molecule has 33 heavy (non-hydrogen) atoms. The smallest absolute Gasteiger partial charge is 0.153 e. The van der Waals surface area contributed by atoms with Crippen molar-refractivity contribution in [2.24, 2.45) is 4.99 Å². The van der Waals surface area contributed by atoms with Crippen molar-refractivity contribution >= 4 is 35.4 Å². The maximum atomic E-state index is 9.22. The summed E-state index contributed by atoms with van der Waals surface area (Å²) in [6.45, 7) is 4.41. The number of aliphatic imine (C=N–C) groups is 1. The van der Waals surface area contributed by atoms with Crippen molar-refractivity contribution in [1.29, 1.82) is 5.26 Å². The third kappa shape index (κ3) is 5.71. The molecule has 0 spiro atoms. The molecule has 1 aromatic carbocycles. The number of nitrogens with zero attached hydrogens (tertiary/aromatic N) is 3. The quantitative estimate of drug-likeness (QED) is 0.534. The van der Waals surface area contributed by atoms with Crippen LogP contribution >= 0.6 is 23.4 Å². The molecule has 2 aliphatic rings. The zero-order valence-electron chi connectivity index (χ0n) is 18.4. The number of thioether (sulfide) groups is 1. The van der Waals surface area contributed by atoms with E-state index >= 15 is 0 Å². The van der Waals surface area contributed by atoms with Gasteiger partial charge in [-0.25, -0.2) is 4.99 Å². The average Bonchev–Trinajstić information content (AvgIpc) is 3.21. The van der Waals surface area contributed by atoms with Crippen LogP contribution in [0.4, 0.5) is 5.82 Å². The highest BCUT2D eigenvalue weighted by Crippen LogP contribution is 2.41. The number of hydrogen-bond acceptors (Lipinski definition) is 8. The van der Waals surface area contributed by atoms with Gasteiger partial charge >= 0.3 is 0 Å². The molecular formula is C23H25ClN6O2S. The van der Waals surface area contributed by atoms with E-state index in [0.29, 0.717) is 52.0 Å². The lowest BCUT2D eigenvalue weighted by Gasteiger charge is -2.23. The van der Waals surface area contributed by atoms with E-state index in [2.05, 4.69) is 31.9 Å². The van der Waals surface area contributed by atoms with Crippen LogP contribution in [0, 0.1) is 11.3 Å². The number of ether oxygens (including phenoxy) is 2. The fourth-order valence-corrected chi connectivity index (χ4v) is 4.71. The Kier molecular flexibility index (Phi) is 7.60. The molecule has 3 heterocycles. The molecule has 1 fully saturated rings. The number of hydrogen-bond donors (Lipinski definition) is 3. The highest BCUT2D eigenvalue weighted by Gasteiger charge is 2.20. The standard InChI is InChI=1S/C23H25ClN6O2S/c1-14-3-4-21(27-11-15(14)10-25)28-22-9-18(29-30-22)23-19(31-2)7-16(24)8-20(23)32-13-17-12-26-5-6-33-17/h4,7-9,11,17,26H,3,5-6,12-13H2,1-2H3,(H2,28,29,30)/t17-/m0/s1. The van der Waals surface area contributed by atoms with Gasteiger partial charge in [-0.05, 0) is 31.6 Å². The molecule has 10 heteroatoms. The van der Waals surface area contributed by atoms with Crippen molar-refractivity contribution in [3.05, 3.63) is 46.3 Å². The number of H-pyrrole nitrogens is 1. The summed E-state index contributed by atoms with van der Waals surface area (Å²) in [6.07, 6.45) is 4.14. The first-order valence-corrected chi connectivity index (χ1v) is 12.0. The first kappa shape index (κ1) is 23.2. The molecule has 0 bridgehead atoms. The molecule has 1 atom stereocenters. The van der Waals surface area contributed by atoms with Gasteiger partial charge in [0, 0.05) is 36.1 Å². The number of nitrogens with one attached hydrogen (secondary N) is 3. The molecule has 3 N–H and O–H groups in total. The van der Waals surface area contributed by atoms with Crippen LogP contribution in [-0.2, 0) is 0 Å². The summed E-state index contributed by atoms with van der Waals surface area (Å²) in [5.41, 5.74) is 3.02. The Labute approximate surface area is 202 Å². The Morgan fingerprint density at radius 3 is 2.94 bits per heavy atom. The SMILES string of the molecule is COc1cc(Cl)cc(OC[C@@H]2CNCCS2)c1-c1cc(NC2=CCC(C)=C(C#N)C=N2)n[nH]1. The number of allylic oxidation sites excluding steroid dienone is 3. The largest absolute Gasteiger partial charge is 0.496 e. The number of aromatic nitrogens is 2. The molecule has 1 aromatic heterocycles. The highest BCUT2D eigenvalue weighted by molar-refractivity contribution is 8.00. The molecular weight excluding hydrogens is 460 g/mol. The predicted molar refractivity (Wildman–Crippen MR) is 133 cm³/mol. The minimum Gasteiger partial charge on any atom is -0.496 e. The van der Waals surface area contributed by atoms with Crippen molar-refractivity contribution in [2.75, 3.05) is 37.9 Å². The molecule has 0 unspecified atom stereocenters. The van der Waals surface area contributed by atoms with Gasteiger partial charge in [-0.3, -0.25) is 5.10 Å². The van der Waals surface area contributed by atoms with Crippen LogP contribution in [0.1, 0.15) is 13.3 Å². The maximum Gasteiger partial charge on any atom is 0.153 e. The molecule has 2 aliphatic heterocycles. The summed E-state index contributed by atoms with van der Waals surface area (Å²) in [4.78, 5) is 4.36. The van der Waals surface area contributed by atoms with Crippen molar-refractivity contribution in [3.8, 4) is 28.8 Å². The van der Waals surface area contributed by atoms with E-state index in [9.17, 15) is 5.26 Å². The fourth-order valence-electron chi connectivity index (χ4n) is 3.52. The summed E-state index contributed by atoms with van der Waals surface area (Å²) in [6, 6.07) is 7.58. The van der Waals surface area contributed by atoms with Crippen LogP contribution in [-0.4, -0.2) is 54.2 Å². The Balaban J connectivity index is 1.56. The number of nitriles is 1. The van der Waals surface area contributed by atoms with Gasteiger partial charge < -0.3 is 20.1 Å². The van der Waals surface area contributed by atoms with Crippen molar-refractivity contribution in [2.45, 2.75) is 18.6 Å². The van der Waals surface area contributed by atoms with Gasteiger partial charge in [0.25, 0.3) is 0 Å². The summed E-state index contributed by atoms with van der Waals surface area (Å²) >= 11 is 8.23. The van der Waals surface area contributed by atoms with Crippen molar-refractivity contribution in [3.63, 3.8) is 0 Å². The van der Waals surface area contributed by atoms with Crippen LogP contribution in [0.2, 0.25) is 5.02 Å². The van der Waals surface area contributed by atoms with E-state index in [1.807, 2.05) is 30.8 Å². The van der Waals surface area contributed by atoms with E-state index in [0.717, 1.165) is 35.7 Å². The van der Waals surface area contributed by atoms with Gasteiger partial charge in [0.2, 0.25) is 0 Å².